The number of furan rings is 5. The van der Waals surface area contributed by atoms with Crippen molar-refractivity contribution in [2.75, 3.05) is 0 Å². The molecule has 0 aliphatic heterocycles. The van der Waals surface area contributed by atoms with Gasteiger partial charge in [-0.25, -0.2) is 24.2 Å². The fourth-order valence-corrected chi connectivity index (χ4v) is 18.0. The molecule has 0 saturated carbocycles. The van der Waals surface area contributed by atoms with E-state index in [1.165, 1.54) is 45.9 Å². The standard InChI is InChI=1S/5C25H25N2O/c1-14(2)18-12-17(5)27(7)21(13-18)23-16(4)8-10-19-22-15(3)9-11-20(26-6)25(22)28-24(19)23;1-14(2)18-12-17(5)27(7)21(13-18)22-15(3)8-10-19-20-11-9-16(4)23(26-6)25(20)28-24(19)22;1-14(2)18-12-17(5)27(7)22(13-18)23-16(4)8-9-19-20-10-15(3)11-21(26-6)24(20)28-25(19)23;2*1-14(2)18-12-17(5)27(7)21(13-18)23-16(4)11-15(3)22-19-9-8-10-20(26-6)24(19)28-25(22)23/h5*8-14H,1-5,7H3/q5*+1/i1D3,3D3,12D,13D,14D;2*1D3,12D,13D,14D;1D3,3D3,12D,13D,14D;1D3,3D3,14D. The van der Waals surface area contributed by atoms with Crippen LogP contribution < -0.4 is 22.8 Å². The molecule has 0 aliphatic carbocycles. The van der Waals surface area contributed by atoms with Crippen molar-refractivity contribution in [2.45, 2.75) is 202 Å². The van der Waals surface area contributed by atoms with Crippen LogP contribution in [0.15, 0.2) is 204 Å². The second-order valence-electron chi connectivity index (χ2n) is 35.5. The van der Waals surface area contributed by atoms with Crippen molar-refractivity contribution in [1.29, 1.82) is 0 Å². The van der Waals surface area contributed by atoms with Crippen molar-refractivity contribution in [3.8, 4) is 56.3 Å². The molecule has 0 fully saturated rings. The molecule has 15 heteroatoms. The summed E-state index contributed by atoms with van der Waals surface area (Å²) in [6, 6.07) is 36.0. The number of pyridine rings is 5. The molecule has 15 nitrogen and oxygen atoms in total. The van der Waals surface area contributed by atoms with Crippen LogP contribution in [0.3, 0.4) is 0 Å². The third-order valence-corrected chi connectivity index (χ3v) is 26.0. The minimum Gasteiger partial charge on any atom is -0.466 e. The van der Waals surface area contributed by atoms with Crippen molar-refractivity contribution < 1.29 is 95.6 Å². The lowest BCUT2D eigenvalue weighted by atomic mass is 9.94. The SMILES string of the molecule is [2H]C([2H])([2H])c1cc(C)c(-c2cc(C([2H])(C)C([2H])([2H])[2H])cc(C)[n+]2C)c2oc3c([N+]#[C-])cccc3c12.[2H]c1c(C([2H])(C)C([2H])([2H])[2H])c([2H])c(-c2c(C)cc(C([2H])([2H])[2H])c3c2oc2c([N+]#[C-])cccc23)[n+](C)c1C.[2H]c1c(C([2H])(C)C([2H])([2H])[2H])c([2H])c(-c2c(C)ccc3c2oc2c([N+]#[C-])c(C)ccc23)[n+](C)c1C.[2H]c1c(C([2H])(C)C([2H])([2H])[2H])c([2H])c(-c2c(C)ccc3c2oc2c([N+]#[C-])cc(C)cc23)[n+](C)c1C.[2H]c1c(C([2H])(C)C([2H])([2H])[2H])c([2H])c(-c2c(C)ccc3c2oc2c([N+]#[C-])ccc(C([2H])([2H])[2H])c23)[n+](C)c1C. The van der Waals surface area contributed by atoms with Crippen LogP contribution in [0.1, 0.15) is 261 Å². The maximum Gasteiger partial charge on any atom is 0.232 e. The first-order valence-electron chi connectivity index (χ1n) is 63.3. The summed E-state index contributed by atoms with van der Waals surface area (Å²) in [6.07, 6.45) is 0. The minimum absolute atomic E-state index is 0.0263. The van der Waals surface area contributed by atoms with E-state index in [1.54, 1.807) is 168 Å². The molecule has 140 heavy (non-hydrogen) atoms. The van der Waals surface area contributed by atoms with Crippen LogP contribution in [0.4, 0.5) is 28.4 Å². The number of nitrogens with zero attached hydrogens (tertiary/aromatic N) is 10. The molecule has 0 bridgehead atoms. The van der Waals surface area contributed by atoms with Crippen molar-refractivity contribution in [3.63, 3.8) is 0 Å². The lowest BCUT2D eigenvalue weighted by molar-refractivity contribution is -0.666. The molecule has 20 aromatic rings. The first kappa shape index (κ1) is 60.9. The van der Waals surface area contributed by atoms with E-state index < -0.39 is 84.3 Å². The minimum atomic E-state index is -2.82. The molecule has 5 atom stereocenters. The summed E-state index contributed by atoms with van der Waals surface area (Å²) in [4.78, 5) is 17.8. The van der Waals surface area contributed by atoms with E-state index >= 15 is 0 Å². The number of hydrogen-bond donors (Lipinski definition) is 0. The van der Waals surface area contributed by atoms with Crippen LogP contribution in [-0.4, -0.2) is 0 Å². The molecule has 0 radical (unpaired) electrons. The van der Waals surface area contributed by atoms with Gasteiger partial charge in [-0.1, -0.05) is 190 Å². The molecule has 0 aliphatic rings. The molecule has 10 aromatic carbocycles. The number of benzene rings is 10. The zero-order chi connectivity index (χ0) is 132. The number of fused-ring (bicyclic) bond motifs is 15. The second kappa shape index (κ2) is 38.4. The Kier molecular flexibility index (Phi) is 16.7. The smallest absolute Gasteiger partial charge is 0.232 e. The summed E-state index contributed by atoms with van der Waals surface area (Å²) in [5.74, 6) is -10.7. The van der Waals surface area contributed by atoms with Crippen molar-refractivity contribution in [3.05, 3.63) is 351 Å². The van der Waals surface area contributed by atoms with E-state index in [2.05, 4.69) is 24.2 Å². The van der Waals surface area contributed by atoms with Gasteiger partial charge in [-0.2, -0.15) is 22.8 Å². The average molecular weight is 1880 g/mol. The van der Waals surface area contributed by atoms with Gasteiger partial charge in [-0.3, -0.25) is 0 Å². The first-order valence-corrected chi connectivity index (χ1v) is 44.8. The molecular formula is C125H125N10O5+5. The van der Waals surface area contributed by atoms with Gasteiger partial charge in [-0.05, 0) is 182 Å². The number of rotatable bonds is 10. The molecule has 0 saturated heterocycles. The summed E-state index contributed by atoms with van der Waals surface area (Å²) in [7, 11) is 8.52. The van der Waals surface area contributed by atoms with Gasteiger partial charge in [0.15, 0.2) is 28.5 Å². The quantitative estimate of drug-likeness (QED) is 0.100. The van der Waals surface area contributed by atoms with Crippen LogP contribution >= 0.6 is 0 Å². The summed E-state index contributed by atoms with van der Waals surface area (Å²) in [5, 5.41) is 5.49. The Balaban J connectivity index is 0.000000153. The number of para-hydroxylation sites is 2. The van der Waals surface area contributed by atoms with Gasteiger partial charge in [0.05, 0.1) is 71.6 Å². The Morgan fingerprint density at radius 3 is 1.00 bits per heavy atom. The van der Waals surface area contributed by atoms with E-state index in [-0.39, 0.29) is 149 Å². The van der Waals surface area contributed by atoms with Gasteiger partial charge >= 0.3 is 0 Å². The van der Waals surface area contributed by atoms with E-state index in [1.807, 2.05) is 88.7 Å². The van der Waals surface area contributed by atoms with E-state index in [0.717, 1.165) is 56.4 Å². The summed E-state index contributed by atoms with van der Waals surface area (Å²) < 4.78 is 345. The van der Waals surface area contributed by atoms with E-state index in [0.29, 0.717) is 156 Å². The zero-order valence-corrected chi connectivity index (χ0v) is 81.7. The Labute approximate surface area is 874 Å². The van der Waals surface area contributed by atoms with E-state index in [4.69, 9.17) is 106 Å². The van der Waals surface area contributed by atoms with Gasteiger partial charge in [-0.15, -0.1) is 0 Å². The largest absolute Gasteiger partial charge is 0.466 e. The van der Waals surface area contributed by atoms with Crippen molar-refractivity contribution >= 4 is 138 Å². The molecule has 0 amide bonds. The molecule has 10 heterocycles. The van der Waals surface area contributed by atoms with Crippen LogP contribution in [0.5, 0.6) is 0 Å². The predicted molar refractivity (Wildman–Crippen MR) is 574 cm³/mol. The Hall–Kier alpha value is -15.6. The molecule has 0 spiro atoms. The third kappa shape index (κ3) is 17.2. The highest BCUT2D eigenvalue weighted by Gasteiger charge is 2.33. The monoisotopic (exact) mass is 1880 g/mol. The molecular weight excluding hydrogens is 1720 g/mol. The average Bonchev–Trinajstić information content (AvgIpc) is 1.69. The van der Waals surface area contributed by atoms with E-state index in [9.17, 15) is 0 Å². The van der Waals surface area contributed by atoms with Crippen molar-refractivity contribution in [1.82, 2.24) is 0 Å². The van der Waals surface area contributed by atoms with Crippen LogP contribution in [-0.2, 0) is 35.2 Å². The fraction of sp³-hybridized carbons (Fsp3) is 0.280. The highest BCUT2D eigenvalue weighted by Crippen LogP contribution is 2.50. The fourth-order valence-electron chi connectivity index (χ4n) is 18.0. The summed E-state index contributed by atoms with van der Waals surface area (Å²) in [6.45, 7) is 44.0. The summed E-state index contributed by atoms with van der Waals surface area (Å²) >= 11 is 0. The maximum absolute atomic E-state index is 9.05. The van der Waals surface area contributed by atoms with Crippen molar-refractivity contribution in [2.24, 2.45) is 35.2 Å². The van der Waals surface area contributed by atoms with Crippen LogP contribution in [0.25, 0.3) is 190 Å². The van der Waals surface area contributed by atoms with Crippen LogP contribution in [0.2, 0.25) is 0 Å². The lowest BCUT2D eigenvalue weighted by Crippen LogP contribution is -2.35. The Morgan fingerprint density at radius 1 is 0.264 bits per heavy atom. The van der Waals surface area contributed by atoms with Gasteiger partial charge in [0.2, 0.25) is 56.9 Å². The molecule has 0 N–H and O–H groups in total. The molecule has 20 rings (SSSR count). The van der Waals surface area contributed by atoms with Gasteiger partial charge in [0.25, 0.3) is 0 Å². The zero-order valence-electron chi connectivity index (χ0n) is 119. The second-order valence-corrected chi connectivity index (χ2v) is 35.5. The number of aryl methyl sites for hydroxylation is 11. The highest BCUT2D eigenvalue weighted by atomic mass is 16.3. The Morgan fingerprint density at radius 2 is 0.586 bits per heavy atom. The highest BCUT2D eigenvalue weighted by molar-refractivity contribution is 6.19. The topological polar surface area (TPSA) is 107 Å². The first-order chi connectivity index (χ1) is 81.4. The summed E-state index contributed by atoms with van der Waals surface area (Å²) in [5.41, 5.74) is 15.9. The lowest BCUT2D eigenvalue weighted by Gasteiger charge is -2.12. The number of aromatic nitrogens is 5. The Bertz CT molecular complexity index is 10600. The van der Waals surface area contributed by atoms with Gasteiger partial charge < -0.3 is 22.1 Å². The predicted octanol–water partition coefficient (Wildman–Crippen LogP) is 33.4. The maximum atomic E-state index is 9.05. The normalized spacial score (nSPS) is 18.2. The molecule has 5 unspecified atom stereocenters. The van der Waals surface area contributed by atoms with Crippen LogP contribution in [0, 0.1) is 137 Å². The van der Waals surface area contributed by atoms with Gasteiger partial charge in [0.1, 0.15) is 91.1 Å². The molecule has 700 valence electrons. The molecule has 10 aromatic heterocycles. The van der Waals surface area contributed by atoms with Gasteiger partial charge in [0, 0.05) is 189 Å². The number of hydrogen-bond acceptors (Lipinski definition) is 5. The third-order valence-electron chi connectivity index (χ3n) is 26.0.